The molecule has 96 valence electrons. The maximum Gasteiger partial charge on any atom is 0.119 e. The van der Waals surface area contributed by atoms with E-state index in [2.05, 4.69) is 10.3 Å². The van der Waals surface area contributed by atoms with Gasteiger partial charge >= 0.3 is 0 Å². The van der Waals surface area contributed by atoms with Crippen molar-refractivity contribution < 1.29 is 5.11 Å². The molecule has 0 heterocycles. The lowest BCUT2D eigenvalue weighted by atomic mass is 10.0. The zero-order valence-electron chi connectivity index (χ0n) is 10.5. The molecule has 0 aliphatic rings. The summed E-state index contributed by atoms with van der Waals surface area (Å²) >= 11 is 0. The number of nitrogens with zero attached hydrogens (tertiary/aromatic N) is 1. The fourth-order valence-electron chi connectivity index (χ4n) is 1.96. The number of phenols is 1. The SMILES string of the molecule is CN=C(Cc1c(O)ccc2ccccc12)NC.Cl. The predicted octanol–water partition coefficient (Wildman–Crippen LogP) is 2.76. The molecule has 0 aliphatic heterocycles. The monoisotopic (exact) mass is 264 g/mol. The van der Waals surface area contributed by atoms with Gasteiger partial charge in [-0.05, 0) is 16.8 Å². The van der Waals surface area contributed by atoms with Gasteiger partial charge in [0.2, 0.25) is 0 Å². The Morgan fingerprint density at radius 3 is 2.61 bits per heavy atom. The molecule has 0 saturated heterocycles. The van der Waals surface area contributed by atoms with Crippen LogP contribution in [-0.4, -0.2) is 25.0 Å². The summed E-state index contributed by atoms with van der Waals surface area (Å²) < 4.78 is 0. The van der Waals surface area contributed by atoms with Crippen LogP contribution in [0.4, 0.5) is 0 Å². The summed E-state index contributed by atoms with van der Waals surface area (Å²) in [4.78, 5) is 4.14. The minimum atomic E-state index is 0. The maximum absolute atomic E-state index is 9.97. The molecule has 0 saturated carbocycles. The van der Waals surface area contributed by atoms with Gasteiger partial charge in [-0.2, -0.15) is 0 Å². The first kappa shape index (κ1) is 14.3. The molecule has 2 aromatic carbocycles. The van der Waals surface area contributed by atoms with Crippen LogP contribution in [0.5, 0.6) is 5.75 Å². The summed E-state index contributed by atoms with van der Waals surface area (Å²) in [6.07, 6.45) is 0.611. The van der Waals surface area contributed by atoms with Crippen molar-refractivity contribution in [3.8, 4) is 5.75 Å². The number of hydrogen-bond acceptors (Lipinski definition) is 2. The Morgan fingerprint density at radius 2 is 1.94 bits per heavy atom. The fourth-order valence-corrected chi connectivity index (χ4v) is 1.96. The maximum atomic E-state index is 9.97. The largest absolute Gasteiger partial charge is 0.508 e. The second-order valence-electron chi connectivity index (χ2n) is 3.88. The number of likely N-dealkylation sites (N-methyl/N-ethyl adjacent to an activating group) is 1. The lowest BCUT2D eigenvalue weighted by Crippen LogP contribution is -2.20. The number of fused-ring (bicyclic) bond motifs is 1. The van der Waals surface area contributed by atoms with Gasteiger partial charge in [0, 0.05) is 26.1 Å². The molecule has 0 aromatic heterocycles. The van der Waals surface area contributed by atoms with E-state index in [9.17, 15) is 5.11 Å². The van der Waals surface area contributed by atoms with E-state index in [0.29, 0.717) is 12.2 Å². The lowest BCUT2D eigenvalue weighted by molar-refractivity contribution is 0.471. The predicted molar refractivity (Wildman–Crippen MR) is 79.0 cm³/mol. The van der Waals surface area contributed by atoms with Crippen LogP contribution in [0.15, 0.2) is 41.4 Å². The van der Waals surface area contributed by atoms with E-state index in [0.717, 1.165) is 22.2 Å². The normalized spacial score (nSPS) is 11.1. The van der Waals surface area contributed by atoms with E-state index >= 15 is 0 Å². The number of aromatic hydroxyl groups is 1. The average molecular weight is 265 g/mol. The number of nitrogens with one attached hydrogen (secondary N) is 1. The summed E-state index contributed by atoms with van der Waals surface area (Å²) in [6.45, 7) is 0. The molecule has 2 rings (SSSR count). The first-order valence-electron chi connectivity index (χ1n) is 5.59. The zero-order chi connectivity index (χ0) is 12.3. The average Bonchev–Trinajstić information content (AvgIpc) is 2.38. The second-order valence-corrected chi connectivity index (χ2v) is 3.88. The number of benzene rings is 2. The molecule has 0 radical (unpaired) electrons. The first-order chi connectivity index (χ1) is 8.26. The third-order valence-corrected chi connectivity index (χ3v) is 2.92. The molecule has 0 bridgehead atoms. The van der Waals surface area contributed by atoms with Gasteiger partial charge in [0.1, 0.15) is 11.6 Å². The smallest absolute Gasteiger partial charge is 0.119 e. The number of hydrogen-bond donors (Lipinski definition) is 2. The molecule has 4 heteroatoms. The van der Waals surface area contributed by atoms with E-state index in [1.165, 1.54) is 0 Å². The van der Waals surface area contributed by atoms with Gasteiger partial charge in [0.15, 0.2) is 0 Å². The standard InChI is InChI=1S/C14H16N2O.ClH/c1-15-14(16-2)9-12-11-6-4-3-5-10(11)7-8-13(12)17;/h3-8,17H,9H2,1-2H3,(H,15,16);1H. The Balaban J connectivity index is 0.00000162. The van der Waals surface area contributed by atoms with Crippen LogP contribution >= 0.6 is 12.4 Å². The van der Waals surface area contributed by atoms with E-state index < -0.39 is 0 Å². The number of rotatable bonds is 2. The quantitative estimate of drug-likeness (QED) is 0.647. The lowest BCUT2D eigenvalue weighted by Gasteiger charge is -2.10. The van der Waals surface area contributed by atoms with E-state index in [4.69, 9.17) is 0 Å². The Labute approximate surface area is 113 Å². The molecule has 0 aliphatic carbocycles. The highest BCUT2D eigenvalue weighted by atomic mass is 35.5. The molecule has 0 spiro atoms. The number of halogens is 1. The molecule has 0 unspecified atom stereocenters. The highest BCUT2D eigenvalue weighted by Crippen LogP contribution is 2.27. The molecular formula is C14H17ClN2O. The minimum Gasteiger partial charge on any atom is -0.508 e. The van der Waals surface area contributed by atoms with Gasteiger partial charge in [-0.15, -0.1) is 12.4 Å². The van der Waals surface area contributed by atoms with Crippen molar-refractivity contribution in [2.45, 2.75) is 6.42 Å². The Bertz CT molecular complexity index is 567. The summed E-state index contributed by atoms with van der Waals surface area (Å²) in [5.74, 6) is 1.18. The van der Waals surface area contributed by atoms with E-state index in [1.807, 2.05) is 37.4 Å². The van der Waals surface area contributed by atoms with Gasteiger partial charge < -0.3 is 10.4 Å². The third-order valence-electron chi connectivity index (χ3n) is 2.92. The fraction of sp³-hybridized carbons (Fsp3) is 0.214. The minimum absolute atomic E-state index is 0. The number of amidine groups is 1. The van der Waals surface area contributed by atoms with Crippen molar-refractivity contribution in [3.05, 3.63) is 42.0 Å². The van der Waals surface area contributed by atoms with E-state index in [-0.39, 0.29) is 12.4 Å². The van der Waals surface area contributed by atoms with Crippen molar-refractivity contribution in [1.82, 2.24) is 5.32 Å². The molecule has 18 heavy (non-hydrogen) atoms. The Kier molecular flexibility index (Phi) is 4.98. The molecule has 0 amide bonds. The van der Waals surface area contributed by atoms with Crippen molar-refractivity contribution in [1.29, 1.82) is 0 Å². The highest BCUT2D eigenvalue weighted by molar-refractivity contribution is 5.93. The van der Waals surface area contributed by atoms with Gasteiger partial charge in [0.25, 0.3) is 0 Å². The van der Waals surface area contributed by atoms with Crippen LogP contribution in [-0.2, 0) is 6.42 Å². The van der Waals surface area contributed by atoms with Gasteiger partial charge in [0.05, 0.1) is 0 Å². The molecule has 2 N–H and O–H groups in total. The zero-order valence-corrected chi connectivity index (χ0v) is 11.3. The van der Waals surface area contributed by atoms with Crippen LogP contribution in [0.25, 0.3) is 10.8 Å². The van der Waals surface area contributed by atoms with Crippen LogP contribution in [0.2, 0.25) is 0 Å². The van der Waals surface area contributed by atoms with Gasteiger partial charge in [-0.25, -0.2) is 0 Å². The van der Waals surface area contributed by atoms with Crippen LogP contribution in [0, 0.1) is 0 Å². The van der Waals surface area contributed by atoms with Gasteiger partial charge in [-0.3, -0.25) is 4.99 Å². The first-order valence-corrected chi connectivity index (χ1v) is 5.59. The topological polar surface area (TPSA) is 44.6 Å². The summed E-state index contributed by atoms with van der Waals surface area (Å²) in [5.41, 5.74) is 0.915. The van der Waals surface area contributed by atoms with Crippen molar-refractivity contribution in [2.75, 3.05) is 14.1 Å². The highest BCUT2D eigenvalue weighted by Gasteiger charge is 2.08. The van der Waals surface area contributed by atoms with Crippen LogP contribution in [0.1, 0.15) is 5.56 Å². The van der Waals surface area contributed by atoms with E-state index in [1.54, 1.807) is 13.1 Å². The number of aliphatic imine (C=N–C) groups is 1. The summed E-state index contributed by atoms with van der Waals surface area (Å²) in [6, 6.07) is 11.7. The van der Waals surface area contributed by atoms with Gasteiger partial charge in [-0.1, -0.05) is 30.3 Å². The van der Waals surface area contributed by atoms with Crippen molar-refractivity contribution >= 4 is 29.0 Å². The Hall–Kier alpha value is -1.74. The number of phenolic OH excluding ortho intramolecular Hbond substituents is 1. The third kappa shape index (κ3) is 2.74. The molecular weight excluding hydrogens is 248 g/mol. The molecule has 0 fully saturated rings. The Morgan fingerprint density at radius 1 is 1.22 bits per heavy atom. The molecule has 0 atom stereocenters. The second kappa shape index (κ2) is 6.26. The van der Waals surface area contributed by atoms with Crippen molar-refractivity contribution in [3.63, 3.8) is 0 Å². The van der Waals surface area contributed by atoms with Crippen molar-refractivity contribution in [2.24, 2.45) is 4.99 Å². The van der Waals surface area contributed by atoms with Crippen LogP contribution in [0.3, 0.4) is 0 Å². The summed E-state index contributed by atoms with van der Waals surface area (Å²) in [5, 5.41) is 15.2. The van der Waals surface area contributed by atoms with Crippen LogP contribution < -0.4 is 5.32 Å². The summed E-state index contributed by atoms with van der Waals surface area (Å²) in [7, 11) is 3.58. The molecule has 2 aromatic rings. The molecule has 3 nitrogen and oxygen atoms in total.